The van der Waals surface area contributed by atoms with Crippen LogP contribution in [-0.4, -0.2) is 52.1 Å². The molecule has 0 aromatic heterocycles. The Morgan fingerprint density at radius 2 is 1.60 bits per heavy atom. The van der Waals surface area contributed by atoms with E-state index in [1.54, 1.807) is 6.92 Å². The minimum absolute atomic E-state index is 0.0689. The zero-order chi connectivity index (χ0) is 12.0. The first-order valence-corrected chi connectivity index (χ1v) is 4.30. The Labute approximate surface area is 86.5 Å². The van der Waals surface area contributed by atoms with E-state index < -0.39 is 37.0 Å². The summed E-state index contributed by atoms with van der Waals surface area (Å²) in [6.07, 6.45) is -0.0689. The third-order valence-corrected chi connectivity index (χ3v) is 1.50. The van der Waals surface area contributed by atoms with Gasteiger partial charge in [-0.2, -0.15) is 0 Å². The molecule has 0 aliphatic rings. The molecule has 0 bridgehead atoms. The number of nitrogens with zero attached hydrogens (tertiary/aromatic N) is 1. The molecule has 0 rings (SSSR count). The van der Waals surface area contributed by atoms with Crippen LogP contribution in [0.2, 0.25) is 0 Å². The van der Waals surface area contributed by atoms with E-state index >= 15 is 0 Å². The number of carbonyl (C=O) groups excluding carboxylic acids is 1. The molecule has 86 valence electrons. The highest BCUT2D eigenvalue weighted by atomic mass is 16.4. The number of nitrogens with two attached hydrogens (primary N) is 1. The average Bonchev–Trinajstić information content (AvgIpc) is 1.99. The van der Waals surface area contributed by atoms with E-state index in [9.17, 15) is 14.4 Å². The zero-order valence-electron chi connectivity index (χ0n) is 8.34. The van der Waals surface area contributed by atoms with Crippen LogP contribution in [0.1, 0.15) is 13.3 Å². The molecule has 0 spiro atoms. The Morgan fingerprint density at radius 1 is 1.20 bits per heavy atom. The van der Waals surface area contributed by atoms with Crippen molar-refractivity contribution in [3.8, 4) is 0 Å². The van der Waals surface area contributed by atoms with Gasteiger partial charge in [0.2, 0.25) is 5.91 Å². The summed E-state index contributed by atoms with van der Waals surface area (Å²) in [5.74, 6) is -3.08. The normalized spacial score (nSPS) is 11.9. The summed E-state index contributed by atoms with van der Waals surface area (Å²) in [5, 5.41) is 16.9. The summed E-state index contributed by atoms with van der Waals surface area (Å²) in [7, 11) is 0. The third kappa shape index (κ3) is 6.44. The quantitative estimate of drug-likeness (QED) is 0.510. The summed E-state index contributed by atoms with van der Waals surface area (Å²) in [6.45, 7) is 0.327. The van der Waals surface area contributed by atoms with Gasteiger partial charge in [-0.3, -0.25) is 14.4 Å². The monoisotopic (exact) mass is 218 g/mol. The molecule has 1 atom stereocenters. The smallest absolute Gasteiger partial charge is 0.323 e. The maximum Gasteiger partial charge on any atom is 0.323 e. The Morgan fingerprint density at radius 3 is 1.87 bits per heavy atom. The Kier molecular flexibility index (Phi) is 5.32. The van der Waals surface area contributed by atoms with E-state index in [1.165, 1.54) is 0 Å². The SMILES string of the molecule is CC(N)CC(=O)N(CC(=O)O)CC(=O)O. The molecule has 7 heteroatoms. The topological polar surface area (TPSA) is 121 Å². The van der Waals surface area contributed by atoms with Crippen molar-refractivity contribution in [3.63, 3.8) is 0 Å². The van der Waals surface area contributed by atoms with Crippen molar-refractivity contribution >= 4 is 17.8 Å². The lowest BCUT2D eigenvalue weighted by Crippen LogP contribution is -2.41. The first kappa shape index (κ1) is 13.4. The second kappa shape index (κ2) is 5.97. The van der Waals surface area contributed by atoms with Crippen LogP contribution in [0.15, 0.2) is 0 Å². The zero-order valence-corrected chi connectivity index (χ0v) is 8.34. The van der Waals surface area contributed by atoms with Crippen molar-refractivity contribution in [2.75, 3.05) is 13.1 Å². The molecule has 0 saturated carbocycles. The van der Waals surface area contributed by atoms with Crippen molar-refractivity contribution in [2.45, 2.75) is 19.4 Å². The van der Waals surface area contributed by atoms with Gasteiger partial charge in [0.05, 0.1) is 0 Å². The van der Waals surface area contributed by atoms with Gasteiger partial charge in [-0.05, 0) is 6.92 Å². The van der Waals surface area contributed by atoms with Gasteiger partial charge in [-0.15, -0.1) is 0 Å². The van der Waals surface area contributed by atoms with Crippen LogP contribution in [0.25, 0.3) is 0 Å². The Hall–Kier alpha value is -1.63. The minimum Gasteiger partial charge on any atom is -0.480 e. The number of amides is 1. The largest absolute Gasteiger partial charge is 0.480 e. The van der Waals surface area contributed by atoms with E-state index in [-0.39, 0.29) is 6.42 Å². The van der Waals surface area contributed by atoms with Gasteiger partial charge in [-0.1, -0.05) is 0 Å². The van der Waals surface area contributed by atoms with Crippen molar-refractivity contribution < 1.29 is 24.6 Å². The lowest BCUT2D eigenvalue weighted by molar-refractivity contribution is -0.149. The number of hydrogen-bond acceptors (Lipinski definition) is 4. The molecule has 0 aliphatic carbocycles. The summed E-state index contributed by atoms with van der Waals surface area (Å²) in [4.78, 5) is 32.8. The molecule has 0 radical (unpaired) electrons. The fourth-order valence-corrected chi connectivity index (χ4v) is 0.963. The number of rotatable bonds is 6. The maximum absolute atomic E-state index is 11.3. The second-order valence-electron chi connectivity index (χ2n) is 3.22. The molecule has 0 saturated heterocycles. The van der Waals surface area contributed by atoms with Gasteiger partial charge in [0.1, 0.15) is 13.1 Å². The summed E-state index contributed by atoms with van der Waals surface area (Å²) in [6, 6.07) is -0.428. The number of carboxylic acid groups (broad SMARTS) is 2. The molecular weight excluding hydrogens is 204 g/mol. The minimum atomic E-state index is -1.26. The molecular formula is C8H14N2O5. The predicted octanol–water partition coefficient (Wildman–Crippen LogP) is -1.28. The van der Waals surface area contributed by atoms with Crippen LogP contribution in [-0.2, 0) is 14.4 Å². The van der Waals surface area contributed by atoms with E-state index in [0.29, 0.717) is 0 Å². The van der Waals surface area contributed by atoms with E-state index in [0.717, 1.165) is 4.90 Å². The lowest BCUT2D eigenvalue weighted by Gasteiger charge is -2.19. The molecule has 15 heavy (non-hydrogen) atoms. The fourth-order valence-electron chi connectivity index (χ4n) is 0.963. The number of carboxylic acids is 2. The van der Waals surface area contributed by atoms with Crippen LogP contribution in [0.5, 0.6) is 0 Å². The van der Waals surface area contributed by atoms with Crippen molar-refractivity contribution in [1.82, 2.24) is 4.90 Å². The highest BCUT2D eigenvalue weighted by Crippen LogP contribution is 1.97. The van der Waals surface area contributed by atoms with Gasteiger partial charge in [0.25, 0.3) is 0 Å². The van der Waals surface area contributed by atoms with Crippen LogP contribution < -0.4 is 5.73 Å². The summed E-state index contributed by atoms with van der Waals surface area (Å²) < 4.78 is 0. The van der Waals surface area contributed by atoms with Gasteiger partial charge < -0.3 is 20.8 Å². The van der Waals surface area contributed by atoms with E-state index in [2.05, 4.69) is 0 Å². The molecule has 0 aromatic carbocycles. The van der Waals surface area contributed by atoms with Crippen LogP contribution >= 0.6 is 0 Å². The van der Waals surface area contributed by atoms with Crippen LogP contribution in [0.3, 0.4) is 0 Å². The van der Waals surface area contributed by atoms with Gasteiger partial charge in [-0.25, -0.2) is 0 Å². The van der Waals surface area contributed by atoms with Crippen molar-refractivity contribution in [2.24, 2.45) is 5.73 Å². The fraction of sp³-hybridized carbons (Fsp3) is 0.625. The highest BCUT2D eigenvalue weighted by molar-refractivity contribution is 5.85. The Bertz CT molecular complexity index is 248. The molecule has 7 nitrogen and oxygen atoms in total. The van der Waals surface area contributed by atoms with Crippen molar-refractivity contribution in [3.05, 3.63) is 0 Å². The van der Waals surface area contributed by atoms with E-state index in [1.807, 2.05) is 0 Å². The van der Waals surface area contributed by atoms with Crippen molar-refractivity contribution in [1.29, 1.82) is 0 Å². The molecule has 4 N–H and O–H groups in total. The highest BCUT2D eigenvalue weighted by Gasteiger charge is 2.20. The first-order chi connectivity index (χ1) is 6.82. The molecule has 1 amide bonds. The predicted molar refractivity (Wildman–Crippen MR) is 50.1 cm³/mol. The standard InChI is InChI=1S/C8H14N2O5/c1-5(9)2-6(11)10(3-7(12)13)4-8(14)15/h5H,2-4,9H2,1H3,(H,12,13)(H,14,15). The van der Waals surface area contributed by atoms with Gasteiger partial charge in [0, 0.05) is 12.5 Å². The van der Waals surface area contributed by atoms with Crippen LogP contribution in [0.4, 0.5) is 0 Å². The maximum atomic E-state index is 11.3. The molecule has 0 heterocycles. The van der Waals surface area contributed by atoms with E-state index in [4.69, 9.17) is 15.9 Å². The molecule has 0 aliphatic heterocycles. The molecule has 0 aromatic rings. The third-order valence-electron chi connectivity index (χ3n) is 1.50. The lowest BCUT2D eigenvalue weighted by atomic mass is 10.2. The number of aliphatic carboxylic acids is 2. The number of carbonyl (C=O) groups is 3. The first-order valence-electron chi connectivity index (χ1n) is 4.30. The van der Waals surface area contributed by atoms with Gasteiger partial charge in [0.15, 0.2) is 0 Å². The summed E-state index contributed by atoms with van der Waals surface area (Å²) >= 11 is 0. The van der Waals surface area contributed by atoms with Gasteiger partial charge >= 0.3 is 11.9 Å². The van der Waals surface area contributed by atoms with Crippen LogP contribution in [0, 0.1) is 0 Å². The Balaban J connectivity index is 4.40. The molecule has 1 unspecified atom stereocenters. The second-order valence-corrected chi connectivity index (χ2v) is 3.22. The summed E-state index contributed by atoms with van der Waals surface area (Å²) in [5.41, 5.74) is 5.35. The molecule has 0 fully saturated rings. The number of hydrogen-bond donors (Lipinski definition) is 3. The average molecular weight is 218 g/mol.